The summed E-state index contributed by atoms with van der Waals surface area (Å²) in [4.78, 5) is 28.5. The van der Waals surface area contributed by atoms with Crippen molar-refractivity contribution in [2.45, 2.75) is 40.5 Å². The van der Waals surface area contributed by atoms with Crippen molar-refractivity contribution in [1.29, 1.82) is 0 Å². The number of ether oxygens (including phenoxy) is 3. The third kappa shape index (κ3) is 5.37. The molecule has 0 saturated carbocycles. The monoisotopic (exact) mass is 495 g/mol. The molecule has 9 heteroatoms. The number of hydrogen-bond donors (Lipinski definition) is 1. The molecule has 0 amide bonds. The van der Waals surface area contributed by atoms with Gasteiger partial charge in [0.15, 0.2) is 0 Å². The van der Waals surface area contributed by atoms with Gasteiger partial charge >= 0.3 is 11.9 Å². The Balaban J connectivity index is 2.29. The van der Waals surface area contributed by atoms with Crippen molar-refractivity contribution in [3.05, 3.63) is 81.8 Å². The smallest absolute Gasteiger partial charge is 0.336 e. The van der Waals surface area contributed by atoms with Crippen molar-refractivity contribution in [2.24, 2.45) is 0 Å². The lowest BCUT2D eigenvalue weighted by Gasteiger charge is -2.38. The molecule has 192 valence electrons. The molecule has 0 aliphatic carbocycles. The van der Waals surface area contributed by atoms with E-state index in [2.05, 4.69) is 0 Å². The van der Waals surface area contributed by atoms with Gasteiger partial charge in [-0.1, -0.05) is 12.1 Å². The maximum atomic E-state index is 13.3. The van der Waals surface area contributed by atoms with Crippen LogP contribution in [0.2, 0.25) is 0 Å². The molecule has 1 aliphatic rings. The van der Waals surface area contributed by atoms with Crippen LogP contribution in [0.15, 0.2) is 71.1 Å². The zero-order valence-corrected chi connectivity index (χ0v) is 21.1. The number of rotatable bonds is 9. The minimum atomic E-state index is -0.887. The summed E-state index contributed by atoms with van der Waals surface area (Å²) in [6.45, 7) is 9.63. The predicted octanol–water partition coefficient (Wildman–Crippen LogP) is 5.06. The van der Waals surface area contributed by atoms with Crippen molar-refractivity contribution in [2.75, 3.05) is 29.9 Å². The third-order valence-corrected chi connectivity index (χ3v) is 5.85. The molecule has 0 spiro atoms. The molecule has 2 aromatic rings. The van der Waals surface area contributed by atoms with Crippen molar-refractivity contribution in [3.8, 4) is 5.75 Å². The SMILES string of the molecule is CCOC(=O)C1=C(C)N(c2ccc(OCC)cc2)C(C)=C(C(=O)OCC)C1c1cccc(N([O-])O)c1. The van der Waals surface area contributed by atoms with E-state index in [0.717, 1.165) is 0 Å². The normalized spacial score (nSPS) is 14.1. The number of hydrogen-bond acceptors (Lipinski definition) is 9. The van der Waals surface area contributed by atoms with Crippen LogP contribution < -0.4 is 14.9 Å². The Labute approximate surface area is 210 Å². The molecular weight excluding hydrogens is 464 g/mol. The molecule has 0 saturated heterocycles. The predicted molar refractivity (Wildman–Crippen MR) is 136 cm³/mol. The van der Waals surface area contributed by atoms with E-state index in [9.17, 15) is 20.0 Å². The second kappa shape index (κ2) is 11.7. The Morgan fingerprint density at radius 3 is 1.94 bits per heavy atom. The van der Waals surface area contributed by atoms with Crippen LogP contribution in [-0.2, 0) is 19.1 Å². The first-order valence-electron chi connectivity index (χ1n) is 11.8. The van der Waals surface area contributed by atoms with Crippen LogP contribution >= 0.6 is 0 Å². The summed E-state index contributed by atoms with van der Waals surface area (Å²) < 4.78 is 16.3. The lowest BCUT2D eigenvalue weighted by Crippen LogP contribution is -2.35. The van der Waals surface area contributed by atoms with Crippen molar-refractivity contribution in [3.63, 3.8) is 0 Å². The van der Waals surface area contributed by atoms with Crippen LogP contribution in [0.1, 0.15) is 46.1 Å². The molecular formula is C27H31N2O7-. The van der Waals surface area contributed by atoms with Gasteiger partial charge in [0.2, 0.25) is 0 Å². The van der Waals surface area contributed by atoms with E-state index in [1.807, 2.05) is 31.2 Å². The second-order valence-corrected chi connectivity index (χ2v) is 8.00. The zero-order chi connectivity index (χ0) is 26.4. The molecule has 0 bridgehead atoms. The summed E-state index contributed by atoms with van der Waals surface area (Å²) in [5.41, 5.74) is 2.70. The van der Waals surface area contributed by atoms with Gasteiger partial charge in [-0.3, -0.25) is 5.21 Å². The van der Waals surface area contributed by atoms with Crippen molar-refractivity contribution < 1.29 is 29.0 Å². The molecule has 36 heavy (non-hydrogen) atoms. The summed E-state index contributed by atoms with van der Waals surface area (Å²) in [6, 6.07) is 13.4. The summed E-state index contributed by atoms with van der Waals surface area (Å²) in [5, 5.41) is 20.8. The van der Waals surface area contributed by atoms with Gasteiger partial charge in [-0.2, -0.15) is 0 Å². The number of carbonyl (C=O) groups excluding carboxylic acids is 2. The molecule has 0 atom stereocenters. The van der Waals surface area contributed by atoms with Gasteiger partial charge < -0.3 is 29.5 Å². The van der Waals surface area contributed by atoms with E-state index in [-0.39, 0.29) is 35.3 Å². The quantitative estimate of drug-likeness (QED) is 0.377. The molecule has 1 heterocycles. The first kappa shape index (κ1) is 26.8. The summed E-state index contributed by atoms with van der Waals surface area (Å²) in [5.74, 6) is -1.39. The Hall–Kier alpha value is -3.82. The average molecular weight is 496 g/mol. The van der Waals surface area contributed by atoms with E-state index in [4.69, 9.17) is 14.2 Å². The fourth-order valence-corrected chi connectivity index (χ4v) is 4.41. The first-order chi connectivity index (χ1) is 17.2. The van der Waals surface area contributed by atoms with Gasteiger partial charge in [0, 0.05) is 17.1 Å². The first-order valence-corrected chi connectivity index (χ1v) is 11.8. The maximum absolute atomic E-state index is 13.3. The average Bonchev–Trinajstić information content (AvgIpc) is 2.85. The number of benzene rings is 2. The Morgan fingerprint density at radius 1 is 0.917 bits per heavy atom. The largest absolute Gasteiger partial charge is 0.733 e. The van der Waals surface area contributed by atoms with Crippen LogP contribution in [0, 0.1) is 5.21 Å². The second-order valence-electron chi connectivity index (χ2n) is 8.00. The fraction of sp³-hybridized carbons (Fsp3) is 0.333. The highest BCUT2D eigenvalue weighted by atomic mass is 16.8. The number of esters is 2. The van der Waals surface area contributed by atoms with Gasteiger partial charge in [-0.05, 0) is 76.6 Å². The highest BCUT2D eigenvalue weighted by Gasteiger charge is 2.41. The van der Waals surface area contributed by atoms with Gasteiger partial charge in [-0.25, -0.2) is 9.59 Å². The topological polar surface area (TPSA) is 112 Å². The summed E-state index contributed by atoms with van der Waals surface area (Å²) >= 11 is 0. The number of nitrogens with zero attached hydrogens (tertiary/aromatic N) is 2. The molecule has 0 aromatic heterocycles. The van der Waals surface area contributed by atoms with Gasteiger partial charge in [0.1, 0.15) is 5.75 Å². The fourth-order valence-electron chi connectivity index (χ4n) is 4.41. The standard InChI is InChI=1S/C27H31N2O7/c1-6-34-22-14-12-20(13-15-22)28-17(4)23(26(30)35-7-2)25(24(18(28)5)27(31)36-8-3)19-10-9-11-21(16-19)29(32)33/h9-16,25,32H,6-8H2,1-5H3/q-1. The number of carbonyl (C=O) groups is 2. The number of anilines is 2. The van der Waals surface area contributed by atoms with E-state index < -0.39 is 17.9 Å². The molecule has 2 aromatic carbocycles. The van der Waals surface area contributed by atoms with Crippen molar-refractivity contribution in [1.82, 2.24) is 0 Å². The Morgan fingerprint density at radius 2 is 1.47 bits per heavy atom. The molecule has 9 nitrogen and oxygen atoms in total. The molecule has 0 unspecified atom stereocenters. The van der Waals surface area contributed by atoms with Crippen molar-refractivity contribution >= 4 is 23.3 Å². The Kier molecular flexibility index (Phi) is 8.73. The van der Waals surface area contributed by atoms with Crippen LogP contribution in [0.5, 0.6) is 5.75 Å². The lowest BCUT2D eigenvalue weighted by atomic mass is 9.79. The summed E-state index contributed by atoms with van der Waals surface area (Å²) in [7, 11) is 0. The van der Waals surface area contributed by atoms with E-state index in [1.54, 1.807) is 44.7 Å². The van der Waals surface area contributed by atoms with Gasteiger partial charge in [0.05, 0.1) is 42.6 Å². The Bertz CT molecular complexity index is 1130. The molecule has 0 fully saturated rings. The van der Waals surface area contributed by atoms with Gasteiger partial charge in [-0.15, -0.1) is 0 Å². The minimum Gasteiger partial charge on any atom is -0.733 e. The van der Waals surface area contributed by atoms with E-state index in [1.165, 1.54) is 12.1 Å². The maximum Gasteiger partial charge on any atom is 0.336 e. The molecule has 3 rings (SSSR count). The zero-order valence-electron chi connectivity index (χ0n) is 21.1. The van der Waals surface area contributed by atoms with Crippen LogP contribution in [-0.4, -0.2) is 37.0 Å². The highest BCUT2D eigenvalue weighted by molar-refractivity contribution is 6.01. The minimum absolute atomic E-state index is 0.0387. The molecule has 1 N–H and O–H groups in total. The van der Waals surface area contributed by atoms with E-state index in [0.29, 0.717) is 35.0 Å². The van der Waals surface area contributed by atoms with Gasteiger partial charge in [0.25, 0.3) is 0 Å². The molecule has 0 radical (unpaired) electrons. The third-order valence-electron chi connectivity index (χ3n) is 5.85. The van der Waals surface area contributed by atoms with E-state index >= 15 is 0 Å². The summed E-state index contributed by atoms with van der Waals surface area (Å²) in [6.07, 6.45) is 0. The molecule has 1 aliphatic heterocycles. The highest BCUT2D eigenvalue weighted by Crippen LogP contribution is 2.45. The van der Waals surface area contributed by atoms with Crippen LogP contribution in [0.25, 0.3) is 0 Å². The van der Waals surface area contributed by atoms with Crippen LogP contribution in [0.3, 0.4) is 0 Å². The lowest BCUT2D eigenvalue weighted by molar-refractivity contribution is -0.139. The van der Waals surface area contributed by atoms with Crippen LogP contribution in [0.4, 0.5) is 11.4 Å². The number of allylic oxidation sites excluding steroid dienone is 2.